The van der Waals surface area contributed by atoms with Gasteiger partial charge in [-0.25, -0.2) is 14.0 Å². The average Bonchev–Trinajstić information content (AvgIpc) is 2.77. The first-order valence-electron chi connectivity index (χ1n) is 11.0. The molecule has 1 saturated heterocycles. The van der Waals surface area contributed by atoms with Gasteiger partial charge in [0.05, 0.1) is 18.2 Å². The van der Waals surface area contributed by atoms with E-state index in [4.69, 9.17) is 9.47 Å². The average molecular weight is 463 g/mol. The minimum atomic E-state index is -0.833. The fraction of sp³-hybridized carbons (Fsp3) is 0.522. The number of carbonyl (C=O) groups is 3. The largest absolute Gasteiger partial charge is 0.463 e. The van der Waals surface area contributed by atoms with Crippen LogP contribution in [0.25, 0.3) is 0 Å². The lowest BCUT2D eigenvalue weighted by atomic mass is 9.94. The molecule has 0 saturated carbocycles. The van der Waals surface area contributed by atoms with Crippen LogP contribution in [0.1, 0.15) is 25.5 Å². The number of urea groups is 1. The Bertz CT molecular complexity index is 937. The maximum Gasteiger partial charge on any atom is 0.338 e. The number of nitrogens with zero attached hydrogens (tertiary/aromatic N) is 3. The first-order chi connectivity index (χ1) is 15.8. The van der Waals surface area contributed by atoms with E-state index in [9.17, 15) is 18.8 Å². The number of halogens is 1. The molecule has 0 bridgehead atoms. The molecular weight excluding hydrogens is 431 g/mol. The van der Waals surface area contributed by atoms with Gasteiger partial charge in [-0.2, -0.15) is 0 Å². The molecule has 0 radical (unpaired) electrons. The van der Waals surface area contributed by atoms with Crippen LogP contribution in [0.5, 0.6) is 0 Å². The monoisotopic (exact) mass is 462 g/mol. The zero-order valence-corrected chi connectivity index (χ0v) is 19.5. The quantitative estimate of drug-likeness (QED) is 0.618. The molecule has 0 aliphatic carbocycles. The maximum absolute atomic E-state index is 13.9. The van der Waals surface area contributed by atoms with Crippen molar-refractivity contribution in [3.63, 3.8) is 0 Å². The Labute approximate surface area is 193 Å². The van der Waals surface area contributed by atoms with Gasteiger partial charge in [-0.3, -0.25) is 14.6 Å². The summed E-state index contributed by atoms with van der Waals surface area (Å²) in [7, 11) is 3.08. The molecule has 1 aromatic carbocycles. The third kappa shape index (κ3) is 5.51. The number of carbonyl (C=O) groups excluding carboxylic acids is 3. The van der Waals surface area contributed by atoms with Crippen LogP contribution in [0.4, 0.5) is 9.18 Å². The lowest BCUT2D eigenvalue weighted by Gasteiger charge is -2.42. The number of amides is 3. The molecule has 2 aliphatic heterocycles. The Morgan fingerprint density at radius 2 is 2.03 bits per heavy atom. The van der Waals surface area contributed by atoms with Crippen LogP contribution in [0.15, 0.2) is 35.5 Å². The van der Waals surface area contributed by atoms with Gasteiger partial charge in [-0.15, -0.1) is 0 Å². The van der Waals surface area contributed by atoms with Gasteiger partial charge in [0, 0.05) is 52.1 Å². The number of piperazine rings is 1. The van der Waals surface area contributed by atoms with Crippen molar-refractivity contribution in [2.45, 2.75) is 25.9 Å². The third-order valence-electron chi connectivity index (χ3n) is 5.93. The molecule has 2 heterocycles. The van der Waals surface area contributed by atoms with E-state index in [0.29, 0.717) is 37.4 Å². The van der Waals surface area contributed by atoms with Crippen molar-refractivity contribution in [3.8, 4) is 0 Å². The molecule has 1 fully saturated rings. The molecule has 2 aliphatic rings. The van der Waals surface area contributed by atoms with E-state index in [0.717, 1.165) is 0 Å². The predicted molar refractivity (Wildman–Crippen MR) is 119 cm³/mol. The summed E-state index contributed by atoms with van der Waals surface area (Å²) in [4.78, 5) is 43.3. The number of benzene rings is 1. The minimum absolute atomic E-state index is 0.0285. The van der Waals surface area contributed by atoms with E-state index in [1.54, 1.807) is 24.9 Å². The molecule has 1 N–H and O–H groups in total. The summed E-state index contributed by atoms with van der Waals surface area (Å²) in [5, 5.41) is 2.79. The number of nitrogens with one attached hydrogen (secondary N) is 1. The standard InChI is InChI=1S/C23H31FN4O5/c1-5-33-22(30)20-18(13-27-9-10-28(15(2)12-27)19(29)14-32-4)26(3)23(31)25-21(20)16-7-6-8-17(24)11-16/h6-8,11,15,21H,5,9-10,12-14H2,1-4H3,(H,25,31)/t15-,21+/m1/s1. The highest BCUT2D eigenvalue weighted by Gasteiger charge is 2.38. The molecule has 9 nitrogen and oxygen atoms in total. The van der Waals surface area contributed by atoms with Crippen LogP contribution < -0.4 is 5.32 Å². The molecule has 0 spiro atoms. The normalized spacial score (nSPS) is 21.8. The Morgan fingerprint density at radius 3 is 2.67 bits per heavy atom. The van der Waals surface area contributed by atoms with Gasteiger partial charge < -0.3 is 19.7 Å². The van der Waals surface area contributed by atoms with Crippen LogP contribution in [-0.4, -0.2) is 92.2 Å². The summed E-state index contributed by atoms with van der Waals surface area (Å²) in [6, 6.07) is 4.52. The van der Waals surface area contributed by atoms with Crippen molar-refractivity contribution in [1.82, 2.24) is 20.0 Å². The van der Waals surface area contributed by atoms with Crippen molar-refractivity contribution in [3.05, 3.63) is 46.9 Å². The van der Waals surface area contributed by atoms with Crippen molar-refractivity contribution in [2.24, 2.45) is 0 Å². The van der Waals surface area contributed by atoms with E-state index in [1.807, 2.05) is 6.92 Å². The second-order valence-corrected chi connectivity index (χ2v) is 8.18. The smallest absolute Gasteiger partial charge is 0.338 e. The Balaban J connectivity index is 1.93. The molecular formula is C23H31FN4O5. The predicted octanol–water partition coefficient (Wildman–Crippen LogP) is 1.52. The summed E-state index contributed by atoms with van der Waals surface area (Å²) in [6.07, 6.45) is 0. The van der Waals surface area contributed by atoms with Gasteiger partial charge in [0.15, 0.2) is 0 Å². The summed E-state index contributed by atoms with van der Waals surface area (Å²) in [5.74, 6) is -1.09. The Morgan fingerprint density at radius 1 is 1.27 bits per heavy atom. The summed E-state index contributed by atoms with van der Waals surface area (Å²) in [5.41, 5.74) is 1.23. The van der Waals surface area contributed by atoms with Crippen LogP contribution >= 0.6 is 0 Å². The summed E-state index contributed by atoms with van der Waals surface area (Å²) >= 11 is 0. The topological polar surface area (TPSA) is 91.4 Å². The Hall–Kier alpha value is -2.98. The van der Waals surface area contributed by atoms with Gasteiger partial charge in [-0.05, 0) is 31.5 Å². The molecule has 0 unspecified atom stereocenters. The van der Waals surface area contributed by atoms with Gasteiger partial charge in [0.1, 0.15) is 12.4 Å². The first kappa shape index (κ1) is 24.7. The first-order valence-corrected chi connectivity index (χ1v) is 11.0. The fourth-order valence-corrected chi connectivity index (χ4v) is 4.30. The van der Waals surface area contributed by atoms with Crippen molar-refractivity contribution in [2.75, 3.05) is 53.6 Å². The van der Waals surface area contributed by atoms with E-state index >= 15 is 0 Å². The second kappa shape index (κ2) is 10.8. The van der Waals surface area contributed by atoms with Crippen LogP contribution in [0.2, 0.25) is 0 Å². The van der Waals surface area contributed by atoms with Crippen LogP contribution in [0, 0.1) is 5.82 Å². The molecule has 0 aromatic heterocycles. The van der Waals surface area contributed by atoms with Gasteiger partial charge in [-0.1, -0.05) is 12.1 Å². The van der Waals surface area contributed by atoms with Crippen molar-refractivity contribution >= 4 is 17.9 Å². The van der Waals surface area contributed by atoms with Crippen molar-refractivity contribution in [1.29, 1.82) is 0 Å². The zero-order valence-electron chi connectivity index (χ0n) is 19.5. The SMILES string of the molecule is CCOC(=O)C1=C(CN2CCN(C(=O)COC)[C@H](C)C2)N(C)C(=O)N[C@H]1c1cccc(F)c1. The number of hydrogen-bond acceptors (Lipinski definition) is 6. The van der Waals surface area contributed by atoms with E-state index in [1.165, 1.54) is 30.2 Å². The van der Waals surface area contributed by atoms with E-state index in [2.05, 4.69) is 10.2 Å². The lowest BCUT2D eigenvalue weighted by Crippen LogP contribution is -2.56. The second-order valence-electron chi connectivity index (χ2n) is 8.18. The van der Waals surface area contributed by atoms with Gasteiger partial charge in [0.2, 0.25) is 5.91 Å². The number of rotatable bonds is 7. The van der Waals surface area contributed by atoms with Crippen LogP contribution in [0.3, 0.4) is 0 Å². The lowest BCUT2D eigenvalue weighted by molar-refractivity contribution is -0.139. The number of hydrogen-bond donors (Lipinski definition) is 1. The molecule has 3 rings (SSSR count). The molecule has 3 amide bonds. The molecule has 10 heteroatoms. The highest BCUT2D eigenvalue weighted by molar-refractivity contribution is 5.95. The Kier molecular flexibility index (Phi) is 8.04. The fourth-order valence-electron chi connectivity index (χ4n) is 4.30. The highest BCUT2D eigenvalue weighted by Crippen LogP contribution is 2.32. The van der Waals surface area contributed by atoms with E-state index in [-0.39, 0.29) is 30.7 Å². The molecule has 1 aromatic rings. The third-order valence-corrected chi connectivity index (χ3v) is 5.93. The maximum atomic E-state index is 13.9. The number of methoxy groups -OCH3 is 1. The van der Waals surface area contributed by atoms with Crippen molar-refractivity contribution < 1.29 is 28.2 Å². The highest BCUT2D eigenvalue weighted by atomic mass is 19.1. The van der Waals surface area contributed by atoms with Gasteiger partial charge >= 0.3 is 12.0 Å². The summed E-state index contributed by atoms with van der Waals surface area (Å²) < 4.78 is 24.2. The molecule has 180 valence electrons. The molecule has 33 heavy (non-hydrogen) atoms. The summed E-state index contributed by atoms with van der Waals surface area (Å²) in [6.45, 7) is 5.80. The van der Waals surface area contributed by atoms with Crippen LogP contribution in [-0.2, 0) is 19.1 Å². The number of ether oxygens (including phenoxy) is 2. The zero-order chi connectivity index (χ0) is 24.1. The van der Waals surface area contributed by atoms with E-state index < -0.39 is 23.9 Å². The number of likely N-dealkylation sites (N-methyl/N-ethyl adjacent to an activating group) is 1. The minimum Gasteiger partial charge on any atom is -0.463 e. The molecule has 2 atom stereocenters. The van der Waals surface area contributed by atoms with Gasteiger partial charge in [0.25, 0.3) is 0 Å². The number of esters is 1.